The Labute approximate surface area is 134 Å². The number of rotatable bonds is 6. The van der Waals surface area contributed by atoms with E-state index in [0.29, 0.717) is 0 Å². The highest BCUT2D eigenvalue weighted by atomic mass is 16.6. The summed E-state index contributed by atoms with van der Waals surface area (Å²) in [6.07, 6.45) is 3.05. The van der Waals surface area contributed by atoms with Gasteiger partial charge in [0.05, 0.1) is 16.6 Å². The molecular weight excluding hydrogens is 294 g/mol. The molecule has 0 aliphatic rings. The molecule has 0 aliphatic heterocycles. The summed E-state index contributed by atoms with van der Waals surface area (Å²) < 4.78 is 5.54. The number of allylic oxidation sites excluding steroid dienone is 1. The van der Waals surface area contributed by atoms with Gasteiger partial charge in [0, 0.05) is 6.07 Å². The van der Waals surface area contributed by atoms with Gasteiger partial charge in [0.2, 0.25) is 0 Å². The Balaban J connectivity index is 2.14. The second kappa shape index (κ2) is 7.35. The van der Waals surface area contributed by atoms with Crippen LogP contribution in [0.5, 0.6) is 5.75 Å². The van der Waals surface area contributed by atoms with Gasteiger partial charge < -0.3 is 4.74 Å². The summed E-state index contributed by atoms with van der Waals surface area (Å²) >= 11 is 0. The molecule has 0 fully saturated rings. The molecule has 2 rings (SSSR count). The monoisotopic (exact) mass is 311 g/mol. The zero-order valence-electron chi connectivity index (χ0n) is 12.9. The standard InChI is InChI=1S/C18H17NO4/c1-13(2)23-15-10-7-14(8-11-15)9-12-18(20)16-5-3-4-6-17(16)19(21)22/h3-13H,1-2H3/b12-9+. The molecule has 0 aromatic heterocycles. The van der Waals surface area contributed by atoms with Crippen LogP contribution in [-0.4, -0.2) is 16.8 Å². The lowest BCUT2D eigenvalue weighted by Crippen LogP contribution is -2.05. The molecule has 0 heterocycles. The Hall–Kier alpha value is -2.95. The number of nitro benzene ring substituents is 1. The van der Waals surface area contributed by atoms with E-state index in [0.717, 1.165) is 11.3 Å². The van der Waals surface area contributed by atoms with Crippen molar-refractivity contribution in [2.24, 2.45) is 0 Å². The van der Waals surface area contributed by atoms with E-state index in [2.05, 4.69) is 0 Å². The third kappa shape index (κ3) is 4.51. The summed E-state index contributed by atoms with van der Waals surface area (Å²) in [4.78, 5) is 22.5. The van der Waals surface area contributed by atoms with Crippen LogP contribution in [0.3, 0.4) is 0 Å². The van der Waals surface area contributed by atoms with E-state index in [1.807, 2.05) is 38.1 Å². The largest absolute Gasteiger partial charge is 0.491 e. The lowest BCUT2D eigenvalue weighted by molar-refractivity contribution is -0.385. The molecule has 118 valence electrons. The quantitative estimate of drug-likeness (QED) is 0.345. The first-order valence-corrected chi connectivity index (χ1v) is 7.20. The average Bonchev–Trinajstić information content (AvgIpc) is 2.53. The van der Waals surface area contributed by atoms with Crippen LogP contribution in [0.1, 0.15) is 29.8 Å². The van der Waals surface area contributed by atoms with Crippen LogP contribution in [0, 0.1) is 10.1 Å². The molecule has 5 heteroatoms. The predicted octanol–water partition coefficient (Wildman–Crippen LogP) is 4.28. The van der Waals surface area contributed by atoms with Gasteiger partial charge in [-0.3, -0.25) is 14.9 Å². The molecular formula is C18H17NO4. The van der Waals surface area contributed by atoms with Crippen molar-refractivity contribution < 1.29 is 14.5 Å². The van der Waals surface area contributed by atoms with Gasteiger partial charge in [0.15, 0.2) is 5.78 Å². The number of carbonyl (C=O) groups excluding carboxylic acids is 1. The molecule has 0 N–H and O–H groups in total. The topological polar surface area (TPSA) is 69.4 Å². The lowest BCUT2D eigenvalue weighted by atomic mass is 10.1. The van der Waals surface area contributed by atoms with E-state index in [4.69, 9.17) is 4.74 Å². The lowest BCUT2D eigenvalue weighted by Gasteiger charge is -2.09. The summed E-state index contributed by atoms with van der Waals surface area (Å²) in [5.74, 6) is 0.349. The highest BCUT2D eigenvalue weighted by Crippen LogP contribution is 2.19. The van der Waals surface area contributed by atoms with Gasteiger partial charge >= 0.3 is 0 Å². The predicted molar refractivity (Wildman–Crippen MR) is 88.7 cm³/mol. The van der Waals surface area contributed by atoms with Crippen LogP contribution in [0.2, 0.25) is 0 Å². The van der Waals surface area contributed by atoms with E-state index in [-0.39, 0.29) is 17.4 Å². The number of nitrogens with zero attached hydrogens (tertiary/aromatic N) is 1. The fraction of sp³-hybridized carbons (Fsp3) is 0.167. The number of hydrogen-bond donors (Lipinski definition) is 0. The van der Waals surface area contributed by atoms with Crippen LogP contribution in [0.25, 0.3) is 6.08 Å². The number of para-hydroxylation sites is 1. The molecule has 0 bridgehead atoms. The average molecular weight is 311 g/mol. The van der Waals surface area contributed by atoms with E-state index in [9.17, 15) is 14.9 Å². The number of carbonyl (C=O) groups is 1. The molecule has 2 aromatic carbocycles. The van der Waals surface area contributed by atoms with Crippen molar-refractivity contribution in [1.82, 2.24) is 0 Å². The minimum absolute atomic E-state index is 0.0773. The molecule has 2 aromatic rings. The van der Waals surface area contributed by atoms with Crippen molar-refractivity contribution in [2.45, 2.75) is 20.0 Å². The normalized spacial score (nSPS) is 10.9. The van der Waals surface area contributed by atoms with Gasteiger partial charge in [-0.05, 0) is 43.7 Å². The second-order valence-corrected chi connectivity index (χ2v) is 5.21. The van der Waals surface area contributed by atoms with Crippen LogP contribution in [0.4, 0.5) is 5.69 Å². The van der Waals surface area contributed by atoms with Gasteiger partial charge in [0.25, 0.3) is 5.69 Å². The Morgan fingerprint density at radius 3 is 2.39 bits per heavy atom. The Morgan fingerprint density at radius 1 is 1.13 bits per heavy atom. The van der Waals surface area contributed by atoms with E-state index in [1.54, 1.807) is 12.1 Å². The Kier molecular flexibility index (Phi) is 5.25. The fourth-order valence-corrected chi connectivity index (χ4v) is 2.03. The second-order valence-electron chi connectivity index (χ2n) is 5.21. The van der Waals surface area contributed by atoms with Crippen LogP contribution in [0.15, 0.2) is 54.6 Å². The van der Waals surface area contributed by atoms with Crippen molar-refractivity contribution in [3.05, 3.63) is 75.8 Å². The first-order valence-electron chi connectivity index (χ1n) is 7.20. The van der Waals surface area contributed by atoms with Gasteiger partial charge in [-0.25, -0.2) is 0 Å². The number of ether oxygens (including phenoxy) is 1. The van der Waals surface area contributed by atoms with E-state index < -0.39 is 10.7 Å². The van der Waals surface area contributed by atoms with Crippen molar-refractivity contribution >= 4 is 17.5 Å². The fourth-order valence-electron chi connectivity index (χ4n) is 2.03. The molecule has 0 aliphatic carbocycles. The van der Waals surface area contributed by atoms with Crippen molar-refractivity contribution in [2.75, 3.05) is 0 Å². The third-order valence-corrected chi connectivity index (χ3v) is 3.05. The Morgan fingerprint density at radius 2 is 1.78 bits per heavy atom. The first kappa shape index (κ1) is 16.4. The molecule has 0 radical (unpaired) electrons. The van der Waals surface area contributed by atoms with Crippen LogP contribution >= 0.6 is 0 Å². The highest BCUT2D eigenvalue weighted by Gasteiger charge is 2.16. The molecule has 0 spiro atoms. The van der Waals surface area contributed by atoms with Crippen LogP contribution < -0.4 is 4.74 Å². The molecule has 0 saturated heterocycles. The minimum Gasteiger partial charge on any atom is -0.491 e. The summed E-state index contributed by atoms with van der Waals surface area (Å²) in [5, 5.41) is 10.9. The molecule has 0 unspecified atom stereocenters. The third-order valence-electron chi connectivity index (χ3n) is 3.05. The van der Waals surface area contributed by atoms with Crippen molar-refractivity contribution in [1.29, 1.82) is 0 Å². The maximum atomic E-state index is 12.1. The number of ketones is 1. The maximum absolute atomic E-state index is 12.1. The maximum Gasteiger partial charge on any atom is 0.280 e. The van der Waals surface area contributed by atoms with Crippen molar-refractivity contribution in [3.63, 3.8) is 0 Å². The smallest absolute Gasteiger partial charge is 0.280 e. The van der Waals surface area contributed by atoms with Crippen molar-refractivity contribution in [3.8, 4) is 5.75 Å². The van der Waals surface area contributed by atoms with Gasteiger partial charge in [0.1, 0.15) is 5.75 Å². The van der Waals surface area contributed by atoms with Gasteiger partial charge in [-0.1, -0.05) is 30.3 Å². The SMILES string of the molecule is CC(C)Oc1ccc(/C=C/C(=O)c2ccccc2[N+](=O)[O-])cc1. The zero-order chi connectivity index (χ0) is 16.8. The zero-order valence-corrected chi connectivity index (χ0v) is 12.9. The summed E-state index contributed by atoms with van der Waals surface area (Å²) in [6.45, 7) is 3.89. The van der Waals surface area contributed by atoms with E-state index >= 15 is 0 Å². The minimum atomic E-state index is -0.556. The first-order chi connectivity index (χ1) is 11.0. The summed E-state index contributed by atoms with van der Waals surface area (Å²) in [5.41, 5.74) is 0.699. The molecule has 0 atom stereocenters. The van der Waals surface area contributed by atoms with E-state index in [1.165, 1.54) is 24.3 Å². The molecule has 5 nitrogen and oxygen atoms in total. The molecule has 23 heavy (non-hydrogen) atoms. The molecule has 0 saturated carbocycles. The summed E-state index contributed by atoms with van der Waals surface area (Å²) in [7, 11) is 0. The number of benzene rings is 2. The number of nitro groups is 1. The molecule has 0 amide bonds. The Bertz CT molecular complexity index is 733. The van der Waals surface area contributed by atoms with Gasteiger partial charge in [-0.15, -0.1) is 0 Å². The summed E-state index contributed by atoms with van der Waals surface area (Å²) in [6, 6.07) is 13.2. The van der Waals surface area contributed by atoms with Crippen LogP contribution in [-0.2, 0) is 0 Å². The highest BCUT2D eigenvalue weighted by molar-refractivity contribution is 6.09. The number of hydrogen-bond acceptors (Lipinski definition) is 4. The van der Waals surface area contributed by atoms with Gasteiger partial charge in [-0.2, -0.15) is 0 Å².